The van der Waals surface area contributed by atoms with E-state index in [1.54, 1.807) is 20.8 Å². The van der Waals surface area contributed by atoms with Crippen LogP contribution in [0.15, 0.2) is 72.8 Å². The van der Waals surface area contributed by atoms with Crippen LogP contribution in [-0.4, -0.2) is 33.7 Å². The van der Waals surface area contributed by atoms with Crippen LogP contribution in [0.25, 0.3) is 0 Å². The zero-order valence-electron chi connectivity index (χ0n) is 18.1. The van der Waals surface area contributed by atoms with Crippen LogP contribution in [0.5, 0.6) is 0 Å². The van der Waals surface area contributed by atoms with Crippen LogP contribution in [0.3, 0.4) is 0 Å². The third-order valence-corrected chi connectivity index (χ3v) is 4.73. The standard InChI is InChI=1S/C25H33NO3/c1-6-13-22(23(27)24(28)29-25(3,4)5)26(18-20-14-9-7-10-15-20)19(2)21-16-11-8-12-17-21/h6-17,19,22-23,27H,18H2,1-5H3/b13-6+/t19-,22-,23-/m1/s1. The summed E-state index contributed by atoms with van der Waals surface area (Å²) >= 11 is 0. The Morgan fingerprint density at radius 3 is 2.14 bits per heavy atom. The molecule has 0 aliphatic carbocycles. The number of carbonyl (C=O) groups excluding carboxylic acids is 1. The molecule has 29 heavy (non-hydrogen) atoms. The lowest BCUT2D eigenvalue weighted by atomic mass is 10.00. The van der Waals surface area contributed by atoms with Crippen LogP contribution in [0.1, 0.15) is 51.8 Å². The molecule has 2 aromatic carbocycles. The lowest BCUT2D eigenvalue weighted by Crippen LogP contribution is -2.48. The number of aliphatic hydroxyl groups excluding tert-OH is 1. The van der Waals surface area contributed by atoms with Crippen LogP contribution < -0.4 is 0 Å². The van der Waals surface area contributed by atoms with Crippen molar-refractivity contribution < 1.29 is 14.6 Å². The molecule has 0 unspecified atom stereocenters. The number of hydrogen-bond donors (Lipinski definition) is 1. The number of hydrogen-bond acceptors (Lipinski definition) is 4. The minimum absolute atomic E-state index is 0.0188. The number of aliphatic hydroxyl groups is 1. The van der Waals surface area contributed by atoms with Gasteiger partial charge in [-0.1, -0.05) is 72.8 Å². The van der Waals surface area contributed by atoms with Crippen LogP contribution in [0, 0.1) is 0 Å². The van der Waals surface area contributed by atoms with Gasteiger partial charge in [-0.05, 0) is 45.7 Å². The van der Waals surface area contributed by atoms with Gasteiger partial charge in [0.05, 0.1) is 6.04 Å². The van der Waals surface area contributed by atoms with E-state index in [-0.39, 0.29) is 6.04 Å². The zero-order chi connectivity index (χ0) is 21.4. The van der Waals surface area contributed by atoms with Gasteiger partial charge in [0.1, 0.15) is 5.60 Å². The summed E-state index contributed by atoms with van der Waals surface area (Å²) in [6, 6.07) is 19.7. The van der Waals surface area contributed by atoms with Gasteiger partial charge < -0.3 is 9.84 Å². The molecule has 4 heteroatoms. The minimum atomic E-state index is -1.29. The third-order valence-electron chi connectivity index (χ3n) is 4.73. The number of benzene rings is 2. The maximum absolute atomic E-state index is 12.7. The molecule has 0 spiro atoms. The molecule has 0 heterocycles. The average Bonchev–Trinajstić information content (AvgIpc) is 2.69. The first kappa shape index (κ1) is 22.9. The summed E-state index contributed by atoms with van der Waals surface area (Å²) in [5.41, 5.74) is 1.57. The van der Waals surface area contributed by atoms with Crippen molar-refractivity contribution in [3.8, 4) is 0 Å². The molecule has 0 saturated carbocycles. The van der Waals surface area contributed by atoms with Gasteiger partial charge in [0.25, 0.3) is 0 Å². The molecular formula is C25H33NO3. The Bertz CT molecular complexity index is 781. The Balaban J connectivity index is 2.40. The monoisotopic (exact) mass is 395 g/mol. The van der Waals surface area contributed by atoms with Gasteiger partial charge in [-0.15, -0.1) is 0 Å². The fourth-order valence-electron chi connectivity index (χ4n) is 3.31. The van der Waals surface area contributed by atoms with Crippen molar-refractivity contribution in [3.63, 3.8) is 0 Å². The molecule has 0 aliphatic heterocycles. The molecule has 2 rings (SSSR count). The number of nitrogens with zero attached hydrogens (tertiary/aromatic N) is 1. The number of carbonyl (C=O) groups is 1. The summed E-state index contributed by atoms with van der Waals surface area (Å²) in [6.07, 6.45) is 2.45. The van der Waals surface area contributed by atoms with Crippen LogP contribution in [0.4, 0.5) is 0 Å². The van der Waals surface area contributed by atoms with E-state index in [2.05, 4.69) is 36.1 Å². The van der Waals surface area contributed by atoms with E-state index in [4.69, 9.17) is 4.74 Å². The van der Waals surface area contributed by atoms with E-state index in [1.807, 2.05) is 55.5 Å². The summed E-state index contributed by atoms with van der Waals surface area (Å²) in [5.74, 6) is -0.612. The molecular weight excluding hydrogens is 362 g/mol. The van der Waals surface area contributed by atoms with Gasteiger partial charge in [-0.25, -0.2) is 4.79 Å². The molecule has 0 radical (unpaired) electrons. The average molecular weight is 396 g/mol. The van der Waals surface area contributed by atoms with E-state index < -0.39 is 23.7 Å². The fraction of sp³-hybridized carbons (Fsp3) is 0.400. The highest BCUT2D eigenvalue weighted by Gasteiger charge is 2.35. The summed E-state index contributed by atoms with van der Waals surface area (Å²) in [5, 5.41) is 10.9. The predicted octanol–water partition coefficient (Wildman–Crippen LogP) is 4.90. The van der Waals surface area contributed by atoms with Gasteiger partial charge >= 0.3 is 5.97 Å². The van der Waals surface area contributed by atoms with Crippen LogP contribution in [0.2, 0.25) is 0 Å². The van der Waals surface area contributed by atoms with Crippen molar-refractivity contribution >= 4 is 5.97 Å². The highest BCUT2D eigenvalue weighted by molar-refractivity contribution is 5.76. The Kier molecular flexibility index (Phi) is 8.18. The first-order chi connectivity index (χ1) is 13.7. The summed E-state index contributed by atoms with van der Waals surface area (Å²) in [7, 11) is 0. The van der Waals surface area contributed by atoms with E-state index in [1.165, 1.54) is 0 Å². The summed E-state index contributed by atoms with van der Waals surface area (Å²) in [6.45, 7) is 9.98. The molecule has 0 fully saturated rings. The quantitative estimate of drug-likeness (QED) is 0.510. The molecule has 0 amide bonds. The first-order valence-corrected chi connectivity index (χ1v) is 10.1. The lowest BCUT2D eigenvalue weighted by Gasteiger charge is -2.37. The largest absolute Gasteiger partial charge is 0.458 e. The van der Waals surface area contributed by atoms with E-state index >= 15 is 0 Å². The summed E-state index contributed by atoms with van der Waals surface area (Å²) in [4.78, 5) is 14.8. The van der Waals surface area contributed by atoms with Gasteiger partial charge in [0.15, 0.2) is 6.10 Å². The van der Waals surface area contributed by atoms with E-state index in [0.717, 1.165) is 11.1 Å². The molecule has 0 aromatic heterocycles. The van der Waals surface area contributed by atoms with E-state index in [0.29, 0.717) is 6.54 Å². The SMILES string of the molecule is C/C=C/[C@H]([C@@H](O)C(=O)OC(C)(C)C)N(Cc1ccccc1)[C@H](C)c1ccccc1. The number of rotatable bonds is 8. The first-order valence-electron chi connectivity index (χ1n) is 10.1. The highest BCUT2D eigenvalue weighted by Crippen LogP contribution is 2.27. The van der Waals surface area contributed by atoms with Crippen molar-refractivity contribution in [3.05, 3.63) is 83.9 Å². The topological polar surface area (TPSA) is 49.8 Å². The molecule has 156 valence electrons. The molecule has 0 bridgehead atoms. The molecule has 1 N–H and O–H groups in total. The summed E-state index contributed by atoms with van der Waals surface area (Å²) < 4.78 is 5.46. The van der Waals surface area contributed by atoms with Crippen molar-refractivity contribution in [1.82, 2.24) is 4.90 Å². The van der Waals surface area contributed by atoms with Crippen molar-refractivity contribution in [2.45, 2.75) is 65.0 Å². The Labute approximate surface area is 174 Å². The Morgan fingerprint density at radius 2 is 1.62 bits per heavy atom. The smallest absolute Gasteiger partial charge is 0.337 e. The number of ether oxygens (including phenoxy) is 1. The predicted molar refractivity (Wildman–Crippen MR) is 117 cm³/mol. The normalized spacial score (nSPS) is 15.3. The zero-order valence-corrected chi connectivity index (χ0v) is 18.1. The second-order valence-electron chi connectivity index (χ2n) is 8.24. The molecule has 0 saturated heterocycles. The molecule has 4 nitrogen and oxygen atoms in total. The minimum Gasteiger partial charge on any atom is -0.458 e. The molecule has 3 atom stereocenters. The van der Waals surface area contributed by atoms with Crippen molar-refractivity contribution in [2.75, 3.05) is 0 Å². The van der Waals surface area contributed by atoms with Crippen molar-refractivity contribution in [2.24, 2.45) is 0 Å². The third kappa shape index (κ3) is 6.84. The van der Waals surface area contributed by atoms with Crippen LogP contribution in [-0.2, 0) is 16.1 Å². The van der Waals surface area contributed by atoms with Gasteiger partial charge in [0, 0.05) is 12.6 Å². The van der Waals surface area contributed by atoms with Gasteiger partial charge in [-0.2, -0.15) is 0 Å². The molecule has 2 aromatic rings. The van der Waals surface area contributed by atoms with Gasteiger partial charge in [0.2, 0.25) is 0 Å². The second-order valence-corrected chi connectivity index (χ2v) is 8.24. The van der Waals surface area contributed by atoms with Gasteiger partial charge in [-0.3, -0.25) is 4.90 Å². The van der Waals surface area contributed by atoms with E-state index in [9.17, 15) is 9.90 Å². The maximum atomic E-state index is 12.7. The van der Waals surface area contributed by atoms with Crippen LogP contribution >= 0.6 is 0 Å². The molecule has 0 aliphatic rings. The highest BCUT2D eigenvalue weighted by atomic mass is 16.6. The Morgan fingerprint density at radius 1 is 1.07 bits per heavy atom. The maximum Gasteiger partial charge on any atom is 0.337 e. The number of esters is 1. The van der Waals surface area contributed by atoms with Crippen molar-refractivity contribution in [1.29, 1.82) is 0 Å². The Hall–Kier alpha value is -2.43. The lowest BCUT2D eigenvalue weighted by molar-refractivity contribution is -0.168. The number of allylic oxidation sites excluding steroid dienone is 1. The second kappa shape index (κ2) is 10.4. The fourth-order valence-corrected chi connectivity index (χ4v) is 3.31.